The fraction of sp³-hybridized carbons (Fsp3) is 0. The van der Waals surface area contributed by atoms with E-state index in [9.17, 15) is 15.0 Å². The van der Waals surface area contributed by atoms with E-state index in [1.54, 1.807) is 72.1 Å². The number of thiophene rings is 2. The number of nitrogens with zero attached hydrogens (tertiary/aromatic N) is 7. The Bertz CT molecular complexity index is 2560. The fourth-order valence-corrected chi connectivity index (χ4v) is 6.70. The van der Waals surface area contributed by atoms with E-state index in [1.807, 2.05) is 47.2 Å². The van der Waals surface area contributed by atoms with E-state index in [-0.39, 0.29) is 17.2 Å². The summed E-state index contributed by atoms with van der Waals surface area (Å²) in [4.78, 5) is 37.9. The first-order valence-electron chi connectivity index (χ1n) is 14.6. The topological polar surface area (TPSA) is 185 Å². The Morgan fingerprint density at radius 3 is 1.69 bits per heavy atom. The minimum absolute atomic E-state index is 0.146. The molecule has 8 rings (SSSR count). The Hall–Kier alpha value is -6.62. The smallest absolute Gasteiger partial charge is 0.267 e. The number of phenolic OH excluding ortho intramolecular Hbond substituents is 2. The molecule has 0 aliphatic rings. The number of aromatic nitrogens is 6. The molecule has 0 atom stereocenters. The minimum Gasteiger partial charge on any atom is -0.508 e. The lowest BCUT2D eigenvalue weighted by atomic mass is 10.1. The molecule has 0 saturated carbocycles. The average molecular weight is 679 g/mol. The quantitative estimate of drug-likeness (QED) is 0.168. The van der Waals surface area contributed by atoms with Gasteiger partial charge in [0.2, 0.25) is 0 Å². The van der Waals surface area contributed by atoms with E-state index in [2.05, 4.69) is 29.9 Å². The van der Waals surface area contributed by atoms with Crippen LogP contribution in [-0.4, -0.2) is 46.0 Å². The highest BCUT2D eigenvalue weighted by Gasteiger charge is 2.16. The number of pyridine rings is 2. The highest BCUT2D eigenvalue weighted by molar-refractivity contribution is 7.18. The van der Waals surface area contributed by atoms with Gasteiger partial charge in [0.05, 0.1) is 31.8 Å². The molecule has 0 unspecified atom stereocenters. The molecule has 0 spiro atoms. The van der Waals surface area contributed by atoms with Gasteiger partial charge in [-0.2, -0.15) is 5.26 Å². The predicted octanol–water partition coefficient (Wildman–Crippen LogP) is 7.22. The van der Waals surface area contributed by atoms with Gasteiger partial charge in [0.1, 0.15) is 29.0 Å². The number of hydrogen-bond acceptors (Lipinski definition) is 12. The molecule has 0 saturated heterocycles. The van der Waals surface area contributed by atoms with E-state index in [0.29, 0.717) is 28.6 Å². The summed E-state index contributed by atoms with van der Waals surface area (Å²) >= 11 is 3.07. The third-order valence-electron chi connectivity index (χ3n) is 7.25. The number of nitrogens with two attached hydrogens (primary N) is 1. The van der Waals surface area contributed by atoms with E-state index < -0.39 is 5.91 Å². The number of primary amides is 1. The van der Waals surface area contributed by atoms with Gasteiger partial charge in [-0.15, -0.1) is 22.7 Å². The van der Waals surface area contributed by atoms with Crippen LogP contribution in [0.25, 0.3) is 65.7 Å². The van der Waals surface area contributed by atoms with Gasteiger partial charge in [0.15, 0.2) is 11.6 Å². The van der Waals surface area contributed by atoms with Crippen LogP contribution in [0.3, 0.4) is 0 Å². The molecule has 0 radical (unpaired) electrons. The first-order chi connectivity index (χ1) is 23.9. The number of fused-ring (bicyclic) bond motifs is 2. The van der Waals surface area contributed by atoms with Crippen LogP contribution in [-0.2, 0) is 0 Å². The van der Waals surface area contributed by atoms with Crippen LogP contribution in [0.4, 0.5) is 0 Å². The van der Waals surface area contributed by atoms with Crippen molar-refractivity contribution in [3.63, 3.8) is 0 Å². The second-order valence-electron chi connectivity index (χ2n) is 10.5. The van der Waals surface area contributed by atoms with Crippen molar-refractivity contribution in [3.05, 3.63) is 119 Å². The lowest BCUT2D eigenvalue weighted by Gasteiger charge is -2.07. The summed E-state index contributed by atoms with van der Waals surface area (Å²) < 4.78 is 1.86. The molecule has 0 aliphatic heterocycles. The third-order valence-corrected chi connectivity index (χ3v) is 9.07. The second-order valence-corrected chi connectivity index (χ2v) is 12.3. The highest BCUT2D eigenvalue weighted by atomic mass is 32.1. The summed E-state index contributed by atoms with van der Waals surface area (Å²) in [5.41, 5.74) is 11.9. The monoisotopic (exact) mass is 678 g/mol. The van der Waals surface area contributed by atoms with Crippen molar-refractivity contribution in [2.45, 2.75) is 0 Å². The number of hydrogen-bond donors (Lipinski definition) is 3. The normalized spacial score (nSPS) is 10.8. The number of carbonyl (C=O) groups is 1. The number of benzene rings is 2. The van der Waals surface area contributed by atoms with Gasteiger partial charge in [-0.3, -0.25) is 9.78 Å². The summed E-state index contributed by atoms with van der Waals surface area (Å²) in [6.07, 6.45) is 3.13. The predicted molar refractivity (Wildman–Crippen MR) is 189 cm³/mol. The van der Waals surface area contributed by atoms with Crippen molar-refractivity contribution in [2.75, 3.05) is 0 Å². The van der Waals surface area contributed by atoms with E-state index >= 15 is 0 Å². The number of amides is 1. The van der Waals surface area contributed by atoms with Crippen LogP contribution in [0.5, 0.6) is 11.5 Å². The van der Waals surface area contributed by atoms with Crippen molar-refractivity contribution < 1.29 is 15.0 Å². The van der Waals surface area contributed by atoms with Gasteiger partial charge in [-0.25, -0.2) is 24.9 Å². The van der Waals surface area contributed by atoms with Crippen molar-refractivity contribution in [1.82, 2.24) is 29.9 Å². The molecule has 4 N–H and O–H groups in total. The van der Waals surface area contributed by atoms with Crippen LogP contribution in [0.1, 0.15) is 16.2 Å². The summed E-state index contributed by atoms with van der Waals surface area (Å²) in [6.45, 7) is 0. The second kappa shape index (κ2) is 13.2. The van der Waals surface area contributed by atoms with Gasteiger partial charge in [0, 0.05) is 34.6 Å². The molecular weight excluding hydrogens is 657 g/mol. The molecule has 6 aromatic heterocycles. The Morgan fingerprint density at radius 2 is 1.18 bits per heavy atom. The zero-order valence-corrected chi connectivity index (χ0v) is 26.9. The van der Waals surface area contributed by atoms with Crippen LogP contribution in [0, 0.1) is 11.3 Å². The summed E-state index contributed by atoms with van der Waals surface area (Å²) in [5, 5.41) is 32.4. The van der Waals surface area contributed by atoms with Gasteiger partial charge in [-0.1, -0.05) is 24.3 Å². The average Bonchev–Trinajstić information content (AvgIpc) is 3.81. The van der Waals surface area contributed by atoms with Crippen LogP contribution in [0.2, 0.25) is 0 Å². The molecule has 8 aromatic rings. The van der Waals surface area contributed by atoms with Crippen molar-refractivity contribution >= 4 is 49.0 Å². The Labute approximate surface area is 286 Å². The number of nitriles is 1. The summed E-state index contributed by atoms with van der Waals surface area (Å²) in [6, 6.07) is 26.5. The minimum atomic E-state index is -0.591. The van der Waals surface area contributed by atoms with Gasteiger partial charge >= 0.3 is 0 Å². The molecule has 0 aliphatic carbocycles. The van der Waals surface area contributed by atoms with Gasteiger partial charge in [-0.05, 0) is 71.4 Å². The maximum atomic E-state index is 11.4. The molecule has 236 valence electrons. The first kappa shape index (κ1) is 31.0. The standard InChI is InChI=1S/C18H12N4O2S.C18H10N4OS/c19-17(24)14-9-10(4-6-20-14)15-16-13(5-7-25-16)21-18(22-15)11-2-1-3-12(23)8-11;19-10-13-8-11(4-6-20-13)16-17-15(5-7-24-17)21-18(22-16)12-2-1-3-14(23)9-12/h1-9,23H,(H2,19,24);1-9,23H. The summed E-state index contributed by atoms with van der Waals surface area (Å²) in [5.74, 6) is 0.745. The lowest BCUT2D eigenvalue weighted by Crippen LogP contribution is -2.12. The van der Waals surface area contributed by atoms with Crippen LogP contribution in [0.15, 0.2) is 108 Å². The van der Waals surface area contributed by atoms with Gasteiger partial charge in [0.25, 0.3) is 5.91 Å². The maximum absolute atomic E-state index is 11.4. The van der Waals surface area contributed by atoms with Crippen molar-refractivity contribution in [2.24, 2.45) is 5.73 Å². The Balaban J connectivity index is 0.000000154. The summed E-state index contributed by atoms with van der Waals surface area (Å²) in [7, 11) is 0. The van der Waals surface area contributed by atoms with Crippen molar-refractivity contribution in [1.29, 1.82) is 5.26 Å². The number of aromatic hydroxyl groups is 2. The fourth-order valence-electron chi connectivity index (χ4n) is 5.02. The van der Waals surface area contributed by atoms with E-state index in [1.165, 1.54) is 17.5 Å². The third kappa shape index (κ3) is 6.50. The van der Waals surface area contributed by atoms with E-state index in [0.717, 1.165) is 42.8 Å². The number of rotatable bonds is 5. The molecule has 49 heavy (non-hydrogen) atoms. The maximum Gasteiger partial charge on any atom is 0.267 e. The number of carbonyl (C=O) groups excluding carboxylic acids is 1. The molecule has 11 nitrogen and oxygen atoms in total. The first-order valence-corrected chi connectivity index (χ1v) is 16.3. The zero-order valence-electron chi connectivity index (χ0n) is 25.2. The zero-order chi connectivity index (χ0) is 33.9. The molecular formula is C36H22N8O3S2. The molecule has 2 aromatic carbocycles. The van der Waals surface area contributed by atoms with Crippen LogP contribution >= 0.6 is 22.7 Å². The van der Waals surface area contributed by atoms with Crippen molar-refractivity contribution in [3.8, 4) is 62.9 Å². The SMILES string of the molecule is N#Cc1cc(-c2nc(-c3cccc(O)c3)nc3ccsc23)ccn1.NC(=O)c1cc(-c2nc(-c3cccc(O)c3)nc3ccsc23)ccn1. The van der Waals surface area contributed by atoms with Gasteiger partial charge < -0.3 is 15.9 Å². The molecule has 6 heterocycles. The molecule has 1 amide bonds. The molecule has 0 bridgehead atoms. The van der Waals surface area contributed by atoms with Crippen LogP contribution < -0.4 is 5.73 Å². The lowest BCUT2D eigenvalue weighted by molar-refractivity contribution is 0.0995. The Morgan fingerprint density at radius 1 is 0.653 bits per heavy atom. The largest absolute Gasteiger partial charge is 0.508 e. The Kier molecular flexibility index (Phi) is 8.38. The number of phenols is 2. The molecule has 13 heteroatoms. The molecule has 0 fully saturated rings. The van der Waals surface area contributed by atoms with E-state index in [4.69, 9.17) is 11.0 Å². The highest BCUT2D eigenvalue weighted by Crippen LogP contribution is 2.34.